The van der Waals surface area contributed by atoms with E-state index < -0.39 is 12.5 Å². The molecule has 0 aromatic rings. The molecular weight excluding hydrogens is 151 g/mol. The minimum absolute atomic E-state index is 0.154. The van der Waals surface area contributed by atoms with E-state index in [0.717, 1.165) is 0 Å². The number of carbonyl (C=O) groups excluding carboxylic acids is 1. The lowest BCUT2D eigenvalue weighted by atomic mass is 10.5. The van der Waals surface area contributed by atoms with Gasteiger partial charge in [-0.2, -0.15) is 0 Å². The van der Waals surface area contributed by atoms with Crippen molar-refractivity contribution in [1.29, 1.82) is 0 Å². The van der Waals surface area contributed by atoms with E-state index in [1.807, 2.05) is 6.92 Å². The first-order chi connectivity index (χ1) is 5.20. The van der Waals surface area contributed by atoms with Gasteiger partial charge in [0.15, 0.2) is 0 Å². The predicted molar refractivity (Wildman–Crippen MR) is 37.9 cm³/mol. The van der Waals surface area contributed by atoms with E-state index in [4.69, 9.17) is 0 Å². The third kappa shape index (κ3) is 5.63. The molecule has 0 bridgehead atoms. The molecule has 0 aliphatic heterocycles. The molecule has 0 aromatic heterocycles. The van der Waals surface area contributed by atoms with Gasteiger partial charge in [-0.05, 0) is 6.42 Å². The summed E-state index contributed by atoms with van der Waals surface area (Å²) in [5, 5.41) is 0. The van der Waals surface area contributed by atoms with Crippen LogP contribution in [0.25, 0.3) is 0 Å². The van der Waals surface area contributed by atoms with Crippen LogP contribution < -0.4 is 0 Å². The Morgan fingerprint density at radius 2 is 2.18 bits per heavy atom. The fraction of sp³-hybridized carbons (Fsp3) is 0.857. The van der Waals surface area contributed by atoms with E-state index in [-0.39, 0.29) is 13.0 Å². The molecule has 0 spiro atoms. The van der Waals surface area contributed by atoms with E-state index in [9.17, 15) is 9.18 Å². The fourth-order valence-corrected chi connectivity index (χ4v) is 0.407. The second-order valence-electron chi connectivity index (χ2n) is 2.03. The Morgan fingerprint density at radius 1 is 1.55 bits per heavy atom. The quantitative estimate of drug-likeness (QED) is 0.598. The molecule has 0 saturated carbocycles. The monoisotopic (exact) mass is 164 g/mol. The van der Waals surface area contributed by atoms with Crippen LogP contribution >= 0.6 is 0 Å². The maximum absolute atomic E-state index is 12.3. The summed E-state index contributed by atoms with van der Waals surface area (Å²) in [6.07, 6.45) is -1.61. The van der Waals surface area contributed by atoms with Gasteiger partial charge >= 0.3 is 6.16 Å². The first-order valence-corrected chi connectivity index (χ1v) is 3.68. The van der Waals surface area contributed by atoms with Crippen LogP contribution in [0.4, 0.5) is 9.18 Å². The van der Waals surface area contributed by atoms with E-state index in [2.05, 4.69) is 9.47 Å². The molecule has 0 aliphatic rings. The highest BCUT2D eigenvalue weighted by atomic mass is 19.1. The smallest absolute Gasteiger partial charge is 0.434 e. The Bertz CT molecular complexity index is 116. The highest BCUT2D eigenvalue weighted by Crippen LogP contribution is 2.00. The first kappa shape index (κ1) is 10.2. The summed E-state index contributed by atoms with van der Waals surface area (Å²) in [4.78, 5) is 10.5. The van der Waals surface area contributed by atoms with Crippen molar-refractivity contribution in [2.75, 3.05) is 6.61 Å². The van der Waals surface area contributed by atoms with Gasteiger partial charge in [0.1, 0.15) is 0 Å². The van der Waals surface area contributed by atoms with Gasteiger partial charge in [0, 0.05) is 6.42 Å². The Kier molecular flexibility index (Phi) is 5.51. The van der Waals surface area contributed by atoms with Gasteiger partial charge in [-0.15, -0.1) is 0 Å². The van der Waals surface area contributed by atoms with E-state index >= 15 is 0 Å². The summed E-state index contributed by atoms with van der Waals surface area (Å²) in [7, 11) is 0. The van der Waals surface area contributed by atoms with Crippen LogP contribution in [0.2, 0.25) is 0 Å². The van der Waals surface area contributed by atoms with Crippen LogP contribution in [-0.4, -0.2) is 19.1 Å². The SMILES string of the molecule is CCCOC(=O)OC(F)CC. The molecule has 0 amide bonds. The molecule has 0 fully saturated rings. The van der Waals surface area contributed by atoms with Crippen LogP contribution in [-0.2, 0) is 9.47 Å². The van der Waals surface area contributed by atoms with Crippen molar-refractivity contribution >= 4 is 6.16 Å². The molecule has 0 saturated heterocycles. The number of hydrogen-bond acceptors (Lipinski definition) is 3. The van der Waals surface area contributed by atoms with Crippen molar-refractivity contribution in [1.82, 2.24) is 0 Å². The van der Waals surface area contributed by atoms with Crippen molar-refractivity contribution in [2.24, 2.45) is 0 Å². The van der Waals surface area contributed by atoms with Crippen molar-refractivity contribution in [2.45, 2.75) is 33.0 Å². The van der Waals surface area contributed by atoms with Gasteiger partial charge in [0.2, 0.25) is 6.36 Å². The maximum Gasteiger partial charge on any atom is 0.510 e. The largest absolute Gasteiger partial charge is 0.510 e. The molecule has 1 unspecified atom stereocenters. The molecule has 0 aromatic carbocycles. The van der Waals surface area contributed by atoms with Crippen LogP contribution in [0.1, 0.15) is 26.7 Å². The van der Waals surface area contributed by atoms with E-state index in [1.54, 1.807) is 6.92 Å². The van der Waals surface area contributed by atoms with Crippen LogP contribution in [0, 0.1) is 0 Å². The number of hydrogen-bond donors (Lipinski definition) is 0. The Labute approximate surface area is 65.5 Å². The molecule has 0 aliphatic carbocycles. The predicted octanol–water partition coefficient (Wildman–Crippen LogP) is 2.26. The average molecular weight is 164 g/mol. The van der Waals surface area contributed by atoms with Gasteiger partial charge in [-0.1, -0.05) is 13.8 Å². The normalized spacial score (nSPS) is 12.3. The molecular formula is C7H13FO3. The maximum atomic E-state index is 12.3. The van der Waals surface area contributed by atoms with Gasteiger partial charge in [-0.25, -0.2) is 9.18 Å². The second-order valence-corrected chi connectivity index (χ2v) is 2.03. The van der Waals surface area contributed by atoms with Crippen molar-refractivity contribution in [3.63, 3.8) is 0 Å². The van der Waals surface area contributed by atoms with Crippen LogP contribution in [0.5, 0.6) is 0 Å². The molecule has 4 heteroatoms. The number of alkyl halides is 1. The third-order valence-electron chi connectivity index (χ3n) is 0.969. The van der Waals surface area contributed by atoms with Crippen molar-refractivity contribution in [3.8, 4) is 0 Å². The molecule has 11 heavy (non-hydrogen) atoms. The molecule has 66 valence electrons. The number of ether oxygens (including phenoxy) is 2. The lowest BCUT2D eigenvalue weighted by Gasteiger charge is -2.06. The number of carbonyl (C=O) groups is 1. The number of halogens is 1. The topological polar surface area (TPSA) is 35.5 Å². The fourth-order valence-electron chi connectivity index (χ4n) is 0.407. The second kappa shape index (κ2) is 5.95. The summed E-state index contributed by atoms with van der Waals surface area (Å²) >= 11 is 0. The van der Waals surface area contributed by atoms with Gasteiger partial charge in [0.05, 0.1) is 6.61 Å². The number of rotatable bonds is 4. The highest BCUT2D eigenvalue weighted by molar-refractivity contribution is 5.59. The summed E-state index contributed by atoms with van der Waals surface area (Å²) < 4.78 is 20.9. The van der Waals surface area contributed by atoms with Crippen LogP contribution in [0.3, 0.4) is 0 Å². The van der Waals surface area contributed by atoms with Crippen molar-refractivity contribution in [3.05, 3.63) is 0 Å². The first-order valence-electron chi connectivity index (χ1n) is 3.68. The summed E-state index contributed by atoms with van der Waals surface area (Å²) in [5.41, 5.74) is 0. The lowest BCUT2D eigenvalue weighted by Crippen LogP contribution is -2.14. The molecule has 0 radical (unpaired) electrons. The van der Waals surface area contributed by atoms with Gasteiger partial charge in [-0.3, -0.25) is 0 Å². The Morgan fingerprint density at radius 3 is 2.64 bits per heavy atom. The summed E-state index contributed by atoms with van der Waals surface area (Å²) in [6.45, 7) is 3.70. The van der Waals surface area contributed by atoms with E-state index in [0.29, 0.717) is 6.42 Å². The van der Waals surface area contributed by atoms with Gasteiger partial charge < -0.3 is 9.47 Å². The third-order valence-corrected chi connectivity index (χ3v) is 0.969. The zero-order chi connectivity index (χ0) is 8.69. The summed E-state index contributed by atoms with van der Waals surface area (Å²) in [5.74, 6) is 0. The minimum Gasteiger partial charge on any atom is -0.434 e. The zero-order valence-electron chi connectivity index (χ0n) is 6.80. The molecule has 1 atom stereocenters. The Balaban J connectivity index is 3.36. The minimum atomic E-state index is -1.54. The Hall–Kier alpha value is -0.800. The average Bonchev–Trinajstić information content (AvgIpc) is 2.00. The molecule has 0 heterocycles. The highest BCUT2D eigenvalue weighted by Gasteiger charge is 2.10. The van der Waals surface area contributed by atoms with Gasteiger partial charge in [0.25, 0.3) is 0 Å². The zero-order valence-corrected chi connectivity index (χ0v) is 6.80. The summed E-state index contributed by atoms with van der Waals surface area (Å²) in [6, 6.07) is 0. The van der Waals surface area contributed by atoms with E-state index in [1.165, 1.54) is 0 Å². The van der Waals surface area contributed by atoms with Crippen molar-refractivity contribution < 1.29 is 18.7 Å². The molecule has 0 rings (SSSR count). The van der Waals surface area contributed by atoms with Crippen LogP contribution in [0.15, 0.2) is 0 Å². The molecule has 0 N–H and O–H groups in total. The lowest BCUT2D eigenvalue weighted by molar-refractivity contribution is -0.0322. The molecule has 3 nitrogen and oxygen atoms in total. The standard InChI is InChI=1S/C7H13FO3/c1-3-5-10-7(9)11-6(8)4-2/h6H,3-5H2,1-2H3.